The summed E-state index contributed by atoms with van der Waals surface area (Å²) in [6.07, 6.45) is 5.22. The zero-order chi connectivity index (χ0) is 13.7. The van der Waals surface area contributed by atoms with Crippen molar-refractivity contribution < 1.29 is 14.6 Å². The molecule has 20 heavy (non-hydrogen) atoms. The van der Waals surface area contributed by atoms with Crippen LogP contribution in [0.5, 0.6) is 0 Å². The van der Waals surface area contributed by atoms with Gasteiger partial charge in [-0.25, -0.2) is 0 Å². The fourth-order valence-electron chi connectivity index (χ4n) is 3.12. The van der Waals surface area contributed by atoms with E-state index in [0.717, 1.165) is 25.7 Å². The molecule has 1 saturated carbocycles. The molecule has 6 heteroatoms. The first-order chi connectivity index (χ1) is 9.18. The molecule has 0 aromatic heterocycles. The van der Waals surface area contributed by atoms with Gasteiger partial charge in [0.05, 0.1) is 11.5 Å². The fraction of sp³-hybridized carbons (Fsp3) is 0.929. The average Bonchev–Trinajstić information content (AvgIpc) is 2.46. The van der Waals surface area contributed by atoms with Crippen molar-refractivity contribution in [1.29, 1.82) is 0 Å². The maximum absolute atomic E-state index is 12.4. The number of hydrogen-bond acceptors (Lipinski definition) is 4. The van der Waals surface area contributed by atoms with Crippen LogP contribution in [0.4, 0.5) is 0 Å². The zero-order valence-electron chi connectivity index (χ0n) is 12.0. The number of aliphatic hydroxyl groups is 1. The Kier molecular flexibility index (Phi) is 7.23. The SMILES string of the molecule is Cl.NCC1(C(=O)NCC2CCCCC2O)CCOCC1. The van der Waals surface area contributed by atoms with Gasteiger partial charge in [-0.1, -0.05) is 12.8 Å². The molecule has 2 atom stereocenters. The van der Waals surface area contributed by atoms with Crippen LogP contribution in [0.15, 0.2) is 0 Å². The maximum atomic E-state index is 12.4. The Balaban J connectivity index is 0.00000200. The molecule has 1 heterocycles. The van der Waals surface area contributed by atoms with E-state index in [2.05, 4.69) is 5.32 Å². The first-order valence-electron chi connectivity index (χ1n) is 7.42. The predicted molar refractivity (Wildman–Crippen MR) is 79.8 cm³/mol. The molecule has 118 valence electrons. The van der Waals surface area contributed by atoms with E-state index in [1.165, 1.54) is 0 Å². The lowest BCUT2D eigenvalue weighted by atomic mass is 9.79. The number of nitrogens with one attached hydrogen (secondary N) is 1. The normalized spacial score (nSPS) is 29.3. The van der Waals surface area contributed by atoms with E-state index in [9.17, 15) is 9.90 Å². The molecule has 0 aromatic rings. The number of carbonyl (C=O) groups excluding carboxylic acids is 1. The molecule has 0 radical (unpaired) electrons. The second-order valence-corrected chi connectivity index (χ2v) is 5.92. The van der Waals surface area contributed by atoms with Crippen molar-refractivity contribution >= 4 is 18.3 Å². The quantitative estimate of drug-likeness (QED) is 0.718. The van der Waals surface area contributed by atoms with Crippen molar-refractivity contribution in [3.05, 3.63) is 0 Å². The summed E-state index contributed by atoms with van der Waals surface area (Å²) >= 11 is 0. The molecular weight excluding hydrogens is 280 g/mol. The van der Waals surface area contributed by atoms with Crippen molar-refractivity contribution in [2.75, 3.05) is 26.3 Å². The molecule has 1 aliphatic carbocycles. The van der Waals surface area contributed by atoms with Crippen molar-refractivity contribution in [3.8, 4) is 0 Å². The number of carbonyl (C=O) groups is 1. The minimum absolute atomic E-state index is 0. The van der Waals surface area contributed by atoms with Crippen LogP contribution in [-0.2, 0) is 9.53 Å². The van der Waals surface area contributed by atoms with Crippen LogP contribution in [0.2, 0.25) is 0 Å². The van der Waals surface area contributed by atoms with E-state index >= 15 is 0 Å². The first kappa shape index (κ1) is 17.7. The zero-order valence-corrected chi connectivity index (χ0v) is 12.8. The molecule has 4 N–H and O–H groups in total. The highest BCUT2D eigenvalue weighted by Crippen LogP contribution is 2.30. The molecule has 1 aliphatic heterocycles. The van der Waals surface area contributed by atoms with Crippen LogP contribution in [0.25, 0.3) is 0 Å². The lowest BCUT2D eigenvalue weighted by molar-refractivity contribution is -0.136. The number of aliphatic hydroxyl groups excluding tert-OH is 1. The lowest BCUT2D eigenvalue weighted by Gasteiger charge is -2.35. The molecule has 0 aromatic carbocycles. The van der Waals surface area contributed by atoms with E-state index in [0.29, 0.717) is 39.1 Å². The van der Waals surface area contributed by atoms with Crippen LogP contribution >= 0.6 is 12.4 Å². The molecule has 1 saturated heterocycles. The van der Waals surface area contributed by atoms with Gasteiger partial charge >= 0.3 is 0 Å². The molecular formula is C14H27ClN2O3. The summed E-state index contributed by atoms with van der Waals surface area (Å²) in [5, 5.41) is 12.9. The molecule has 2 rings (SSSR count). The number of rotatable bonds is 4. The Morgan fingerprint density at radius 3 is 2.55 bits per heavy atom. The molecule has 0 spiro atoms. The number of nitrogens with two attached hydrogens (primary N) is 1. The van der Waals surface area contributed by atoms with E-state index in [1.807, 2.05) is 0 Å². The molecule has 2 fully saturated rings. The van der Waals surface area contributed by atoms with Crippen molar-refractivity contribution in [3.63, 3.8) is 0 Å². The van der Waals surface area contributed by atoms with Crippen LogP contribution < -0.4 is 11.1 Å². The number of ether oxygens (including phenoxy) is 1. The van der Waals surface area contributed by atoms with E-state index in [-0.39, 0.29) is 30.3 Å². The topological polar surface area (TPSA) is 84.6 Å². The van der Waals surface area contributed by atoms with Gasteiger partial charge < -0.3 is 20.9 Å². The Bertz CT molecular complexity index is 309. The van der Waals surface area contributed by atoms with Gasteiger partial charge in [0.15, 0.2) is 0 Å². The minimum Gasteiger partial charge on any atom is -0.393 e. The summed E-state index contributed by atoms with van der Waals surface area (Å²) in [7, 11) is 0. The second kappa shape index (κ2) is 8.17. The van der Waals surface area contributed by atoms with Crippen LogP contribution in [-0.4, -0.2) is 43.4 Å². The standard InChI is InChI=1S/C14H26N2O3.ClH/c15-10-14(5-7-19-8-6-14)13(18)16-9-11-3-1-2-4-12(11)17;/h11-12,17H,1-10,15H2,(H,16,18);1H. The molecule has 2 aliphatic rings. The van der Waals surface area contributed by atoms with E-state index in [1.54, 1.807) is 0 Å². The van der Waals surface area contributed by atoms with Crippen molar-refractivity contribution in [2.45, 2.75) is 44.6 Å². The fourth-order valence-corrected chi connectivity index (χ4v) is 3.12. The van der Waals surface area contributed by atoms with Crippen molar-refractivity contribution in [2.24, 2.45) is 17.1 Å². The third-order valence-electron chi connectivity index (χ3n) is 4.72. The Morgan fingerprint density at radius 1 is 1.30 bits per heavy atom. The largest absolute Gasteiger partial charge is 0.393 e. The lowest BCUT2D eigenvalue weighted by Crippen LogP contribution is -2.50. The van der Waals surface area contributed by atoms with Crippen LogP contribution in [0, 0.1) is 11.3 Å². The summed E-state index contributed by atoms with van der Waals surface area (Å²) in [5.74, 6) is 0.239. The Hall–Kier alpha value is -0.360. The smallest absolute Gasteiger partial charge is 0.227 e. The summed E-state index contributed by atoms with van der Waals surface area (Å²) in [6, 6.07) is 0. The third-order valence-corrected chi connectivity index (χ3v) is 4.72. The van der Waals surface area contributed by atoms with Gasteiger partial charge in [-0.05, 0) is 25.7 Å². The van der Waals surface area contributed by atoms with Gasteiger partial charge in [0, 0.05) is 32.2 Å². The van der Waals surface area contributed by atoms with Gasteiger partial charge in [-0.2, -0.15) is 0 Å². The maximum Gasteiger partial charge on any atom is 0.227 e. The molecule has 0 bridgehead atoms. The highest BCUT2D eigenvalue weighted by atomic mass is 35.5. The summed E-state index contributed by atoms with van der Waals surface area (Å²) in [5.41, 5.74) is 5.35. The number of halogens is 1. The molecule has 2 unspecified atom stereocenters. The monoisotopic (exact) mass is 306 g/mol. The Labute approximate surface area is 127 Å². The molecule has 5 nitrogen and oxygen atoms in total. The molecule has 1 amide bonds. The van der Waals surface area contributed by atoms with E-state index < -0.39 is 5.41 Å². The van der Waals surface area contributed by atoms with Gasteiger partial charge in [0.2, 0.25) is 5.91 Å². The summed E-state index contributed by atoms with van der Waals surface area (Å²) < 4.78 is 5.31. The van der Waals surface area contributed by atoms with E-state index in [4.69, 9.17) is 10.5 Å². The number of amides is 1. The average molecular weight is 307 g/mol. The van der Waals surface area contributed by atoms with Gasteiger partial charge in [0.1, 0.15) is 0 Å². The predicted octanol–water partition coefficient (Wildman–Crippen LogP) is 0.831. The highest BCUT2D eigenvalue weighted by molar-refractivity contribution is 5.85. The van der Waals surface area contributed by atoms with Crippen LogP contribution in [0.3, 0.4) is 0 Å². The van der Waals surface area contributed by atoms with Gasteiger partial charge in [-0.3, -0.25) is 4.79 Å². The summed E-state index contributed by atoms with van der Waals surface area (Å²) in [6.45, 7) is 2.16. The first-order valence-corrected chi connectivity index (χ1v) is 7.42. The summed E-state index contributed by atoms with van der Waals surface area (Å²) in [4.78, 5) is 12.4. The minimum atomic E-state index is -0.460. The second-order valence-electron chi connectivity index (χ2n) is 5.92. The number of hydrogen-bond donors (Lipinski definition) is 3. The van der Waals surface area contributed by atoms with Crippen molar-refractivity contribution in [1.82, 2.24) is 5.32 Å². The Morgan fingerprint density at radius 2 is 1.95 bits per heavy atom. The highest BCUT2D eigenvalue weighted by Gasteiger charge is 2.39. The third kappa shape index (κ3) is 4.07. The van der Waals surface area contributed by atoms with Gasteiger partial charge in [-0.15, -0.1) is 12.4 Å². The van der Waals surface area contributed by atoms with Gasteiger partial charge in [0.25, 0.3) is 0 Å². The van der Waals surface area contributed by atoms with Crippen LogP contribution in [0.1, 0.15) is 38.5 Å².